The quantitative estimate of drug-likeness (QED) is 0.398. The molecule has 0 heterocycles. The molecule has 0 unspecified atom stereocenters. The Balaban J connectivity index is 0.000000384. The Morgan fingerprint density at radius 2 is 1.04 bits per heavy atom. The molecule has 3 aromatic rings. The zero-order chi connectivity index (χ0) is 20.4. The van der Waals surface area contributed by atoms with Crippen LogP contribution in [0.4, 0.5) is 4.39 Å². The molecule has 0 aromatic heterocycles. The first kappa shape index (κ1) is 25.6. The summed E-state index contributed by atoms with van der Waals surface area (Å²) < 4.78 is 12.6. The second kappa shape index (κ2) is 12.9. The standard InChI is InChI=1S/2C9H12.C8H9F.CH4/c2*1-7-4-5-8(2)9(3)6-7;1-2-7-5-3-4-6-8(7)9;/h2*4-6H,1-3H3;3-6H,2H2,1H3;1H4. The molecule has 3 aromatic carbocycles. The summed E-state index contributed by atoms with van der Waals surface area (Å²) in [4.78, 5) is 0. The summed E-state index contributed by atoms with van der Waals surface area (Å²) in [6.45, 7) is 14.7. The molecule has 1 heteroatoms. The summed E-state index contributed by atoms with van der Waals surface area (Å²) in [7, 11) is 0. The Bertz CT molecular complexity index is 797. The number of benzene rings is 3. The maximum Gasteiger partial charge on any atom is 0.126 e. The minimum atomic E-state index is -0.0972. The van der Waals surface area contributed by atoms with E-state index < -0.39 is 0 Å². The predicted molar refractivity (Wildman–Crippen MR) is 124 cm³/mol. The first-order valence-corrected chi connectivity index (χ1v) is 9.55. The van der Waals surface area contributed by atoms with Gasteiger partial charge in [-0.25, -0.2) is 4.39 Å². The van der Waals surface area contributed by atoms with Gasteiger partial charge in [0.1, 0.15) is 5.82 Å². The summed E-state index contributed by atoms with van der Waals surface area (Å²) in [5.41, 5.74) is 9.00. The van der Waals surface area contributed by atoms with Crippen LogP contribution in [0.1, 0.15) is 53.3 Å². The van der Waals surface area contributed by atoms with Gasteiger partial charge in [0, 0.05) is 0 Å². The molecule has 0 spiro atoms. The minimum absolute atomic E-state index is 0. The van der Waals surface area contributed by atoms with E-state index in [1.165, 1.54) is 39.4 Å². The molecule has 0 bridgehead atoms. The Morgan fingerprint density at radius 1 is 0.607 bits per heavy atom. The van der Waals surface area contributed by atoms with E-state index in [2.05, 4.69) is 77.9 Å². The van der Waals surface area contributed by atoms with Crippen LogP contribution in [0.15, 0.2) is 60.7 Å². The number of aryl methyl sites for hydroxylation is 7. The van der Waals surface area contributed by atoms with E-state index in [9.17, 15) is 4.39 Å². The van der Waals surface area contributed by atoms with Crippen LogP contribution in [0.25, 0.3) is 0 Å². The average molecular weight is 381 g/mol. The van der Waals surface area contributed by atoms with Crippen molar-refractivity contribution in [2.45, 2.75) is 62.3 Å². The number of halogens is 1. The summed E-state index contributed by atoms with van der Waals surface area (Å²) in [5, 5.41) is 0. The lowest BCUT2D eigenvalue weighted by Crippen LogP contribution is -1.83. The lowest BCUT2D eigenvalue weighted by atomic mass is 10.1. The average Bonchev–Trinajstić information content (AvgIpc) is 2.63. The van der Waals surface area contributed by atoms with Gasteiger partial charge in [-0.3, -0.25) is 0 Å². The molecule has 0 saturated heterocycles. The van der Waals surface area contributed by atoms with Crippen LogP contribution in [0, 0.1) is 47.4 Å². The third-order valence-corrected chi connectivity index (χ3v) is 4.66. The third-order valence-electron chi connectivity index (χ3n) is 4.66. The van der Waals surface area contributed by atoms with Crippen molar-refractivity contribution in [1.82, 2.24) is 0 Å². The highest BCUT2D eigenvalue weighted by Gasteiger charge is 1.94. The molecule has 0 amide bonds. The van der Waals surface area contributed by atoms with Crippen molar-refractivity contribution < 1.29 is 4.39 Å². The molecular weight excluding hydrogens is 343 g/mol. The van der Waals surface area contributed by atoms with Gasteiger partial charge in [-0.2, -0.15) is 0 Å². The van der Waals surface area contributed by atoms with Crippen molar-refractivity contribution in [2.75, 3.05) is 0 Å². The molecular formula is C27H37F. The molecule has 0 aliphatic rings. The van der Waals surface area contributed by atoms with E-state index in [4.69, 9.17) is 0 Å². The molecule has 0 aliphatic carbocycles. The molecule has 0 atom stereocenters. The van der Waals surface area contributed by atoms with Crippen molar-refractivity contribution >= 4 is 0 Å². The van der Waals surface area contributed by atoms with Crippen molar-refractivity contribution in [2.24, 2.45) is 0 Å². The van der Waals surface area contributed by atoms with Gasteiger partial charge >= 0.3 is 0 Å². The van der Waals surface area contributed by atoms with Crippen LogP contribution in [0.2, 0.25) is 0 Å². The van der Waals surface area contributed by atoms with Gasteiger partial charge in [0.25, 0.3) is 0 Å². The van der Waals surface area contributed by atoms with Gasteiger partial charge < -0.3 is 0 Å². The first-order valence-electron chi connectivity index (χ1n) is 9.55. The van der Waals surface area contributed by atoms with Crippen molar-refractivity contribution in [3.8, 4) is 0 Å². The second-order valence-electron chi connectivity index (χ2n) is 7.12. The van der Waals surface area contributed by atoms with E-state index in [0.717, 1.165) is 12.0 Å². The number of rotatable bonds is 1. The predicted octanol–water partition coefficient (Wildman–Crippen LogP) is 8.25. The maximum atomic E-state index is 12.6. The molecule has 152 valence electrons. The smallest absolute Gasteiger partial charge is 0.126 e. The van der Waals surface area contributed by atoms with Crippen LogP contribution >= 0.6 is 0 Å². The summed E-state index contributed by atoms with van der Waals surface area (Å²) in [6, 6.07) is 19.8. The first-order chi connectivity index (χ1) is 12.7. The largest absolute Gasteiger partial charge is 0.207 e. The normalized spacial score (nSPS) is 9.29. The van der Waals surface area contributed by atoms with Crippen LogP contribution in [-0.4, -0.2) is 0 Å². The molecule has 0 nitrogen and oxygen atoms in total. The third kappa shape index (κ3) is 8.99. The highest BCUT2D eigenvalue weighted by atomic mass is 19.1. The summed E-state index contributed by atoms with van der Waals surface area (Å²) >= 11 is 0. The van der Waals surface area contributed by atoms with E-state index in [1.54, 1.807) is 12.1 Å². The molecule has 0 saturated carbocycles. The molecule has 28 heavy (non-hydrogen) atoms. The summed E-state index contributed by atoms with van der Waals surface area (Å²) in [6.07, 6.45) is 0.771. The van der Waals surface area contributed by atoms with Crippen molar-refractivity contribution in [3.05, 3.63) is 105 Å². The van der Waals surface area contributed by atoms with E-state index in [0.29, 0.717) is 0 Å². The van der Waals surface area contributed by atoms with E-state index >= 15 is 0 Å². The minimum Gasteiger partial charge on any atom is -0.207 e. The Morgan fingerprint density at radius 3 is 1.32 bits per heavy atom. The highest BCUT2D eigenvalue weighted by molar-refractivity contribution is 5.29. The van der Waals surface area contributed by atoms with Gasteiger partial charge in [-0.15, -0.1) is 0 Å². The SMILES string of the molecule is C.CCc1ccccc1F.Cc1ccc(C)c(C)c1.Cc1ccc(C)c(C)c1. The van der Waals surface area contributed by atoms with Crippen LogP contribution < -0.4 is 0 Å². The Hall–Kier alpha value is -2.41. The van der Waals surface area contributed by atoms with Crippen molar-refractivity contribution in [1.29, 1.82) is 0 Å². The van der Waals surface area contributed by atoms with E-state index in [-0.39, 0.29) is 13.2 Å². The number of hydrogen-bond acceptors (Lipinski definition) is 0. The van der Waals surface area contributed by atoms with E-state index in [1.807, 2.05) is 13.0 Å². The summed E-state index contributed by atoms with van der Waals surface area (Å²) in [5.74, 6) is -0.0972. The molecule has 3 rings (SSSR count). The van der Waals surface area contributed by atoms with Crippen LogP contribution in [-0.2, 0) is 6.42 Å². The van der Waals surface area contributed by atoms with Gasteiger partial charge in [0.05, 0.1) is 0 Å². The zero-order valence-corrected chi connectivity index (χ0v) is 17.9. The fraction of sp³-hybridized carbons (Fsp3) is 0.333. The number of hydrogen-bond donors (Lipinski definition) is 0. The fourth-order valence-electron chi connectivity index (χ4n) is 2.57. The molecule has 0 N–H and O–H groups in total. The lowest BCUT2D eigenvalue weighted by molar-refractivity contribution is 0.612. The Kier molecular flexibility index (Phi) is 11.8. The topological polar surface area (TPSA) is 0 Å². The molecule has 0 aliphatic heterocycles. The monoisotopic (exact) mass is 380 g/mol. The second-order valence-corrected chi connectivity index (χ2v) is 7.12. The highest BCUT2D eigenvalue weighted by Crippen LogP contribution is 2.08. The Labute approximate surface area is 172 Å². The van der Waals surface area contributed by atoms with Gasteiger partial charge in [0.2, 0.25) is 0 Å². The molecule has 0 radical (unpaired) electrons. The zero-order valence-electron chi connectivity index (χ0n) is 17.9. The van der Waals surface area contributed by atoms with Gasteiger partial charge in [-0.05, 0) is 81.8 Å². The van der Waals surface area contributed by atoms with Crippen molar-refractivity contribution in [3.63, 3.8) is 0 Å². The lowest BCUT2D eigenvalue weighted by Gasteiger charge is -1.98. The van der Waals surface area contributed by atoms with Gasteiger partial charge in [0.15, 0.2) is 0 Å². The molecule has 0 fully saturated rings. The van der Waals surface area contributed by atoms with Gasteiger partial charge in [-0.1, -0.05) is 80.1 Å². The maximum absolute atomic E-state index is 12.6. The van der Waals surface area contributed by atoms with Crippen LogP contribution in [0.3, 0.4) is 0 Å². The fourth-order valence-corrected chi connectivity index (χ4v) is 2.57. The van der Waals surface area contributed by atoms with Crippen LogP contribution in [0.5, 0.6) is 0 Å².